The lowest BCUT2D eigenvalue weighted by Gasteiger charge is -2.19. The molecule has 3 aromatic rings. The van der Waals surface area contributed by atoms with E-state index in [2.05, 4.69) is 22.6 Å². The molecular weight excluding hydrogens is 487 g/mol. The van der Waals surface area contributed by atoms with E-state index in [0.29, 0.717) is 11.3 Å². The zero-order chi connectivity index (χ0) is 20.0. The van der Waals surface area contributed by atoms with Gasteiger partial charge in [0, 0.05) is 12.0 Å². The fourth-order valence-electron chi connectivity index (χ4n) is 2.73. The maximum atomic E-state index is 13.0. The van der Waals surface area contributed by atoms with Crippen molar-refractivity contribution < 1.29 is 17.9 Å². The SMILES string of the molecule is O=C(c1ccccc1)C(CCS(=O)(=O)c1ccccc1)Oc1ccccc1I. The van der Waals surface area contributed by atoms with Crippen LogP contribution in [0.1, 0.15) is 16.8 Å². The Kier molecular flexibility index (Phi) is 6.85. The Morgan fingerprint density at radius 1 is 0.857 bits per heavy atom. The standard InChI is InChI=1S/C22H19IO4S/c23-19-13-7-8-14-20(19)27-21(22(24)17-9-3-1-4-10-17)15-16-28(25,26)18-11-5-2-6-12-18/h1-14,21H,15-16H2. The van der Waals surface area contributed by atoms with Gasteiger partial charge in [-0.2, -0.15) is 0 Å². The highest BCUT2D eigenvalue weighted by molar-refractivity contribution is 14.1. The number of para-hydroxylation sites is 1. The minimum absolute atomic E-state index is 0.0654. The smallest absolute Gasteiger partial charge is 0.203 e. The summed E-state index contributed by atoms with van der Waals surface area (Å²) in [5, 5.41) is 0. The number of rotatable bonds is 8. The van der Waals surface area contributed by atoms with Crippen molar-refractivity contribution in [1.82, 2.24) is 0 Å². The fourth-order valence-corrected chi connectivity index (χ4v) is 4.58. The molecule has 0 N–H and O–H groups in total. The van der Waals surface area contributed by atoms with Crippen molar-refractivity contribution in [2.24, 2.45) is 0 Å². The zero-order valence-corrected chi connectivity index (χ0v) is 18.0. The van der Waals surface area contributed by atoms with Crippen LogP contribution in [0.2, 0.25) is 0 Å². The summed E-state index contributed by atoms with van der Waals surface area (Å²) in [6.45, 7) is 0. The summed E-state index contributed by atoms with van der Waals surface area (Å²) >= 11 is 2.13. The molecule has 1 atom stereocenters. The normalized spacial score (nSPS) is 12.3. The fraction of sp³-hybridized carbons (Fsp3) is 0.136. The van der Waals surface area contributed by atoms with Gasteiger partial charge >= 0.3 is 0 Å². The van der Waals surface area contributed by atoms with Crippen LogP contribution in [0.3, 0.4) is 0 Å². The molecule has 0 saturated heterocycles. The molecule has 0 radical (unpaired) electrons. The summed E-state index contributed by atoms with van der Waals surface area (Å²) in [5.41, 5.74) is 0.496. The van der Waals surface area contributed by atoms with Gasteiger partial charge in [0.2, 0.25) is 5.78 Å². The number of benzene rings is 3. The molecule has 3 aromatic carbocycles. The van der Waals surface area contributed by atoms with E-state index < -0.39 is 15.9 Å². The second-order valence-corrected chi connectivity index (χ2v) is 9.46. The number of Topliss-reactive ketones (excluding diaryl/α,β-unsaturated/α-hetero) is 1. The number of carbonyl (C=O) groups is 1. The highest BCUT2D eigenvalue weighted by Crippen LogP contribution is 2.24. The summed E-state index contributed by atoms with van der Waals surface area (Å²) < 4.78 is 32.1. The second-order valence-electron chi connectivity index (χ2n) is 6.19. The van der Waals surface area contributed by atoms with Crippen LogP contribution < -0.4 is 4.74 Å². The van der Waals surface area contributed by atoms with Gasteiger partial charge in [-0.05, 0) is 46.9 Å². The molecule has 0 saturated carbocycles. The van der Waals surface area contributed by atoms with Crippen molar-refractivity contribution in [3.05, 3.63) is 94.1 Å². The van der Waals surface area contributed by atoms with Crippen LogP contribution in [0.25, 0.3) is 0 Å². The third kappa shape index (κ3) is 5.20. The van der Waals surface area contributed by atoms with Gasteiger partial charge in [-0.15, -0.1) is 0 Å². The third-order valence-electron chi connectivity index (χ3n) is 4.21. The Labute approximate surface area is 178 Å². The lowest BCUT2D eigenvalue weighted by atomic mass is 10.0. The molecule has 0 heterocycles. The van der Waals surface area contributed by atoms with Gasteiger partial charge < -0.3 is 4.74 Å². The molecular formula is C22H19IO4S. The maximum Gasteiger partial charge on any atom is 0.203 e. The summed E-state index contributed by atoms with van der Waals surface area (Å²) in [5.74, 6) is 0.155. The summed E-state index contributed by atoms with van der Waals surface area (Å²) in [4.78, 5) is 13.2. The average Bonchev–Trinajstić information content (AvgIpc) is 2.73. The predicted octanol–water partition coefficient (Wildman–Crippen LogP) is 4.79. The van der Waals surface area contributed by atoms with Gasteiger partial charge in [0.25, 0.3) is 0 Å². The van der Waals surface area contributed by atoms with E-state index in [-0.39, 0.29) is 22.9 Å². The Morgan fingerprint density at radius 3 is 2.07 bits per heavy atom. The minimum Gasteiger partial charge on any atom is -0.481 e. The summed E-state index contributed by atoms with van der Waals surface area (Å²) in [7, 11) is -3.51. The lowest BCUT2D eigenvalue weighted by molar-refractivity contribution is 0.0786. The van der Waals surface area contributed by atoms with Gasteiger partial charge in [0.05, 0.1) is 14.2 Å². The number of sulfone groups is 1. The molecule has 0 aliphatic carbocycles. The van der Waals surface area contributed by atoms with Crippen LogP contribution in [0.4, 0.5) is 0 Å². The van der Waals surface area contributed by atoms with E-state index in [4.69, 9.17) is 4.74 Å². The molecule has 0 aromatic heterocycles. The first-order chi connectivity index (χ1) is 13.5. The molecule has 6 heteroatoms. The van der Waals surface area contributed by atoms with E-state index in [9.17, 15) is 13.2 Å². The van der Waals surface area contributed by atoms with Crippen molar-refractivity contribution in [2.75, 3.05) is 5.75 Å². The molecule has 4 nitrogen and oxygen atoms in total. The largest absolute Gasteiger partial charge is 0.481 e. The first kappa shape index (κ1) is 20.5. The van der Waals surface area contributed by atoms with Crippen LogP contribution in [-0.4, -0.2) is 26.1 Å². The second kappa shape index (κ2) is 9.34. The van der Waals surface area contributed by atoms with E-state index in [1.807, 2.05) is 24.3 Å². The maximum absolute atomic E-state index is 13.0. The van der Waals surface area contributed by atoms with E-state index in [0.717, 1.165) is 3.57 Å². The topological polar surface area (TPSA) is 60.4 Å². The average molecular weight is 506 g/mol. The van der Waals surface area contributed by atoms with Crippen LogP contribution in [0.5, 0.6) is 5.75 Å². The van der Waals surface area contributed by atoms with Crippen LogP contribution in [0.15, 0.2) is 89.8 Å². The van der Waals surface area contributed by atoms with Gasteiger partial charge in [0.15, 0.2) is 15.9 Å². The Bertz CT molecular complexity index is 1030. The van der Waals surface area contributed by atoms with Gasteiger partial charge in [-0.25, -0.2) is 8.42 Å². The first-order valence-corrected chi connectivity index (χ1v) is 11.5. The van der Waals surface area contributed by atoms with Crippen molar-refractivity contribution >= 4 is 38.2 Å². The zero-order valence-electron chi connectivity index (χ0n) is 15.0. The van der Waals surface area contributed by atoms with Crippen LogP contribution in [-0.2, 0) is 9.84 Å². The first-order valence-electron chi connectivity index (χ1n) is 8.75. The third-order valence-corrected chi connectivity index (χ3v) is 6.86. The molecule has 0 fully saturated rings. The van der Waals surface area contributed by atoms with Crippen LogP contribution >= 0.6 is 22.6 Å². The number of hydrogen-bond acceptors (Lipinski definition) is 4. The molecule has 144 valence electrons. The molecule has 0 aliphatic heterocycles. The molecule has 1 unspecified atom stereocenters. The number of halogens is 1. The van der Waals surface area contributed by atoms with Crippen molar-refractivity contribution in [3.8, 4) is 5.75 Å². The molecule has 0 spiro atoms. The van der Waals surface area contributed by atoms with E-state index >= 15 is 0 Å². The monoisotopic (exact) mass is 506 g/mol. The Balaban J connectivity index is 1.84. The summed E-state index contributed by atoms with van der Waals surface area (Å²) in [6.07, 6.45) is -0.826. The molecule has 0 amide bonds. The highest BCUT2D eigenvalue weighted by atomic mass is 127. The number of ketones is 1. The van der Waals surface area contributed by atoms with Crippen molar-refractivity contribution in [2.45, 2.75) is 17.4 Å². The quantitative estimate of drug-likeness (QED) is 0.326. The van der Waals surface area contributed by atoms with Crippen LogP contribution in [0, 0.1) is 3.57 Å². The van der Waals surface area contributed by atoms with Gasteiger partial charge in [0.1, 0.15) is 5.75 Å². The molecule has 28 heavy (non-hydrogen) atoms. The molecule has 3 rings (SSSR count). The van der Waals surface area contributed by atoms with Crippen molar-refractivity contribution in [3.63, 3.8) is 0 Å². The number of ether oxygens (including phenoxy) is 1. The lowest BCUT2D eigenvalue weighted by Crippen LogP contribution is -2.30. The molecule has 0 bridgehead atoms. The predicted molar refractivity (Wildman–Crippen MR) is 117 cm³/mol. The summed E-state index contributed by atoms with van der Waals surface area (Å²) in [6, 6.07) is 24.4. The van der Waals surface area contributed by atoms with Crippen molar-refractivity contribution in [1.29, 1.82) is 0 Å². The van der Waals surface area contributed by atoms with E-state index in [1.54, 1.807) is 60.7 Å². The van der Waals surface area contributed by atoms with Gasteiger partial charge in [-0.3, -0.25) is 4.79 Å². The number of hydrogen-bond donors (Lipinski definition) is 0. The minimum atomic E-state index is -3.51. The van der Waals surface area contributed by atoms with Gasteiger partial charge in [-0.1, -0.05) is 60.7 Å². The number of carbonyl (C=O) groups excluding carboxylic acids is 1. The Hall–Kier alpha value is -2.19. The highest BCUT2D eigenvalue weighted by Gasteiger charge is 2.26. The molecule has 0 aliphatic rings. The Morgan fingerprint density at radius 2 is 1.43 bits per heavy atom. The van der Waals surface area contributed by atoms with E-state index in [1.165, 1.54) is 0 Å².